The number of ether oxygens (including phenoxy) is 5. The molecule has 5 rings (SSSR count). The molecule has 26 heavy (non-hydrogen) atoms. The van der Waals surface area contributed by atoms with E-state index in [2.05, 4.69) is 0 Å². The van der Waals surface area contributed by atoms with Crippen LogP contribution in [0.25, 0.3) is 0 Å². The zero-order valence-electron chi connectivity index (χ0n) is 14.1. The van der Waals surface area contributed by atoms with Gasteiger partial charge in [-0.25, -0.2) is 0 Å². The summed E-state index contributed by atoms with van der Waals surface area (Å²) in [6.45, 7) is 0.672. The van der Waals surface area contributed by atoms with E-state index in [1.54, 1.807) is 0 Å². The molecule has 2 aromatic carbocycles. The fourth-order valence-electron chi connectivity index (χ4n) is 3.69. The second kappa shape index (κ2) is 6.21. The molecule has 1 fully saturated rings. The van der Waals surface area contributed by atoms with E-state index in [-0.39, 0.29) is 38.0 Å². The van der Waals surface area contributed by atoms with Gasteiger partial charge < -0.3 is 23.7 Å². The number of hydrogen-bond donors (Lipinski definition) is 0. The summed E-state index contributed by atoms with van der Waals surface area (Å²) >= 11 is 0. The van der Waals surface area contributed by atoms with Gasteiger partial charge >= 0.3 is 0 Å². The number of ketones is 1. The predicted molar refractivity (Wildman–Crippen MR) is 90.8 cm³/mol. The normalized spacial score (nSPS) is 22.8. The lowest BCUT2D eigenvalue weighted by Crippen LogP contribution is -2.25. The highest BCUT2D eigenvalue weighted by molar-refractivity contribution is 5.84. The van der Waals surface area contributed by atoms with Gasteiger partial charge in [-0.15, -0.1) is 0 Å². The Bertz CT molecular complexity index is 861. The van der Waals surface area contributed by atoms with Gasteiger partial charge in [0.2, 0.25) is 13.6 Å². The number of hydrogen-bond acceptors (Lipinski definition) is 6. The van der Waals surface area contributed by atoms with E-state index in [1.165, 1.54) is 0 Å². The maximum atomic E-state index is 12.4. The molecule has 0 N–H and O–H groups in total. The molecule has 3 heterocycles. The van der Waals surface area contributed by atoms with Crippen LogP contribution in [0.4, 0.5) is 0 Å². The van der Waals surface area contributed by atoms with Gasteiger partial charge in [0.25, 0.3) is 0 Å². The summed E-state index contributed by atoms with van der Waals surface area (Å²) in [7, 11) is 0. The Balaban J connectivity index is 1.33. The van der Waals surface area contributed by atoms with E-state index in [0.717, 1.165) is 34.1 Å². The summed E-state index contributed by atoms with van der Waals surface area (Å²) in [5.41, 5.74) is 2.12. The van der Waals surface area contributed by atoms with E-state index in [4.69, 9.17) is 23.7 Å². The van der Waals surface area contributed by atoms with Crippen LogP contribution in [-0.2, 0) is 22.4 Å². The van der Waals surface area contributed by atoms with Crippen molar-refractivity contribution < 1.29 is 28.5 Å². The average Bonchev–Trinajstić information content (AvgIpc) is 3.37. The largest absolute Gasteiger partial charge is 0.454 e. The molecule has 3 aliphatic heterocycles. The molecular weight excluding hydrogens is 336 g/mol. The molecule has 0 aromatic heterocycles. The first kappa shape index (κ1) is 15.5. The van der Waals surface area contributed by atoms with Crippen molar-refractivity contribution in [3.63, 3.8) is 0 Å². The first-order valence-electron chi connectivity index (χ1n) is 8.67. The van der Waals surface area contributed by atoms with Crippen LogP contribution in [0.15, 0.2) is 36.4 Å². The average molecular weight is 354 g/mol. The molecule has 2 atom stereocenters. The van der Waals surface area contributed by atoms with Gasteiger partial charge in [-0.05, 0) is 48.2 Å². The number of carbonyl (C=O) groups excluding carboxylic acids is 1. The molecule has 2 aromatic rings. The molecule has 6 nitrogen and oxygen atoms in total. The van der Waals surface area contributed by atoms with Gasteiger partial charge in [0.15, 0.2) is 28.8 Å². The molecule has 0 saturated carbocycles. The molecule has 0 unspecified atom stereocenters. The van der Waals surface area contributed by atoms with Crippen molar-refractivity contribution in [2.75, 3.05) is 20.2 Å². The van der Waals surface area contributed by atoms with Crippen LogP contribution >= 0.6 is 0 Å². The Morgan fingerprint density at radius 3 is 2.00 bits per heavy atom. The number of carbonyl (C=O) groups is 1. The van der Waals surface area contributed by atoms with Gasteiger partial charge in [0, 0.05) is 0 Å². The second-order valence-corrected chi connectivity index (χ2v) is 6.71. The third-order valence-corrected chi connectivity index (χ3v) is 5.07. The lowest BCUT2D eigenvalue weighted by atomic mass is 9.89. The third-order valence-electron chi connectivity index (χ3n) is 5.07. The summed E-state index contributed by atoms with van der Waals surface area (Å²) in [5, 5.41) is 0. The van der Waals surface area contributed by atoms with E-state index < -0.39 is 0 Å². The van der Waals surface area contributed by atoms with E-state index >= 15 is 0 Å². The van der Waals surface area contributed by atoms with Gasteiger partial charge in [-0.2, -0.15) is 0 Å². The second-order valence-electron chi connectivity index (χ2n) is 6.71. The van der Waals surface area contributed by atoms with Crippen LogP contribution in [0.1, 0.15) is 11.1 Å². The summed E-state index contributed by atoms with van der Waals surface area (Å²) in [6, 6.07) is 11.7. The first-order valence-corrected chi connectivity index (χ1v) is 8.67. The smallest absolute Gasteiger partial charge is 0.231 e. The maximum absolute atomic E-state index is 12.4. The fraction of sp³-hybridized carbons (Fsp3) is 0.350. The summed E-state index contributed by atoms with van der Waals surface area (Å²) in [5.74, 6) is 2.98. The Hall–Kier alpha value is -2.73. The van der Waals surface area contributed by atoms with Crippen molar-refractivity contribution in [2.45, 2.75) is 18.9 Å². The fourth-order valence-corrected chi connectivity index (χ4v) is 3.69. The van der Waals surface area contributed by atoms with Gasteiger partial charge in [0.1, 0.15) is 6.61 Å². The van der Waals surface area contributed by atoms with Crippen molar-refractivity contribution in [1.82, 2.24) is 0 Å². The summed E-state index contributed by atoms with van der Waals surface area (Å²) in [6.07, 6.45) is 1.15. The van der Waals surface area contributed by atoms with Gasteiger partial charge in [0.05, 0.1) is 12.0 Å². The third kappa shape index (κ3) is 2.76. The molecule has 0 spiro atoms. The Morgan fingerprint density at radius 1 is 0.769 bits per heavy atom. The zero-order chi connectivity index (χ0) is 17.5. The minimum atomic E-state index is -0.166. The van der Waals surface area contributed by atoms with Crippen LogP contribution in [0.3, 0.4) is 0 Å². The first-order chi connectivity index (χ1) is 12.8. The van der Waals surface area contributed by atoms with E-state index in [1.807, 2.05) is 36.4 Å². The number of rotatable bonds is 4. The SMILES string of the molecule is O=C1CO[C@@H](Cc2ccc3c(c2)OCO3)[C@@H]1Cc1ccc2c(c1)OCO2. The van der Waals surface area contributed by atoms with Crippen molar-refractivity contribution in [3.05, 3.63) is 47.5 Å². The van der Waals surface area contributed by atoms with E-state index in [0.29, 0.717) is 12.8 Å². The molecule has 134 valence electrons. The topological polar surface area (TPSA) is 63.2 Å². The standard InChI is InChI=1S/C20H18O6/c21-15-9-22-18(6-13-2-4-17-20(8-13)26-11-24-17)14(15)5-12-1-3-16-19(7-12)25-10-23-16/h1-4,7-8,14,18H,5-6,9-11H2/t14-,18+/m1/s1. The molecule has 0 aliphatic carbocycles. The van der Waals surface area contributed by atoms with Crippen molar-refractivity contribution in [1.29, 1.82) is 0 Å². The van der Waals surface area contributed by atoms with Crippen molar-refractivity contribution in [3.8, 4) is 23.0 Å². The van der Waals surface area contributed by atoms with Crippen LogP contribution in [0.2, 0.25) is 0 Å². The molecule has 6 heteroatoms. The maximum Gasteiger partial charge on any atom is 0.231 e. The lowest BCUT2D eigenvalue weighted by Gasteiger charge is -2.18. The number of fused-ring (bicyclic) bond motifs is 2. The molecule has 1 saturated heterocycles. The van der Waals surface area contributed by atoms with Crippen LogP contribution in [0.5, 0.6) is 23.0 Å². The predicted octanol–water partition coefficient (Wildman–Crippen LogP) is 2.51. The monoisotopic (exact) mass is 354 g/mol. The molecular formula is C20H18O6. The Labute approximate surface area is 150 Å². The molecule has 3 aliphatic rings. The Kier molecular flexibility index (Phi) is 3.71. The summed E-state index contributed by atoms with van der Waals surface area (Å²) in [4.78, 5) is 12.4. The minimum Gasteiger partial charge on any atom is -0.454 e. The van der Waals surface area contributed by atoms with E-state index in [9.17, 15) is 4.79 Å². The van der Waals surface area contributed by atoms with Crippen LogP contribution in [-0.4, -0.2) is 32.1 Å². The lowest BCUT2D eigenvalue weighted by molar-refractivity contribution is -0.120. The molecule has 0 bridgehead atoms. The highest BCUT2D eigenvalue weighted by atomic mass is 16.7. The summed E-state index contributed by atoms with van der Waals surface area (Å²) < 4.78 is 27.3. The quantitative estimate of drug-likeness (QED) is 0.841. The highest BCUT2D eigenvalue weighted by Gasteiger charge is 2.36. The van der Waals surface area contributed by atoms with Crippen LogP contribution < -0.4 is 18.9 Å². The van der Waals surface area contributed by atoms with Gasteiger partial charge in [-0.1, -0.05) is 12.1 Å². The van der Waals surface area contributed by atoms with Crippen molar-refractivity contribution in [2.24, 2.45) is 5.92 Å². The number of Topliss-reactive ketones (excluding diaryl/α,β-unsaturated/α-hetero) is 1. The number of benzene rings is 2. The highest BCUT2D eigenvalue weighted by Crippen LogP contribution is 2.36. The Morgan fingerprint density at radius 2 is 1.35 bits per heavy atom. The van der Waals surface area contributed by atoms with Crippen LogP contribution in [0, 0.1) is 5.92 Å². The molecule has 0 amide bonds. The molecule has 0 radical (unpaired) electrons. The van der Waals surface area contributed by atoms with Gasteiger partial charge in [-0.3, -0.25) is 4.79 Å². The minimum absolute atomic E-state index is 0.145. The van der Waals surface area contributed by atoms with Crippen molar-refractivity contribution >= 4 is 5.78 Å². The zero-order valence-corrected chi connectivity index (χ0v) is 14.1.